The fraction of sp³-hybridized carbons (Fsp3) is 0.118. The minimum atomic E-state index is -3.41. The predicted molar refractivity (Wildman–Crippen MR) is 91.0 cm³/mol. The van der Waals surface area contributed by atoms with Crippen LogP contribution in [0, 0.1) is 0 Å². The fourth-order valence-corrected chi connectivity index (χ4v) is 3.12. The van der Waals surface area contributed by atoms with Gasteiger partial charge in [-0.1, -0.05) is 12.1 Å². The number of carbonyl (C=O) groups is 3. The van der Waals surface area contributed by atoms with Gasteiger partial charge >= 0.3 is 0 Å². The largest absolute Gasteiger partial charge is 0.292 e. The zero-order valence-electron chi connectivity index (χ0n) is 13.2. The van der Waals surface area contributed by atoms with Gasteiger partial charge in [-0.15, -0.1) is 0 Å². The monoisotopic (exact) mass is 358 g/mol. The molecule has 0 unspecified atom stereocenters. The molecule has 0 spiro atoms. The number of ketones is 1. The first-order chi connectivity index (χ1) is 11.8. The summed E-state index contributed by atoms with van der Waals surface area (Å²) >= 11 is 0. The minimum Gasteiger partial charge on any atom is -0.292 e. The normalized spacial score (nSPS) is 13.7. The molecule has 1 aliphatic heterocycles. The van der Waals surface area contributed by atoms with Gasteiger partial charge in [0.05, 0.1) is 23.9 Å². The first kappa shape index (κ1) is 16.8. The van der Waals surface area contributed by atoms with E-state index < -0.39 is 27.6 Å². The van der Waals surface area contributed by atoms with Crippen molar-refractivity contribution in [3.8, 4) is 0 Å². The van der Waals surface area contributed by atoms with Crippen LogP contribution in [-0.2, 0) is 10.0 Å². The number of carbonyl (C=O) groups excluding carboxylic acids is 3. The quantitative estimate of drug-likeness (QED) is 0.645. The lowest BCUT2D eigenvalue weighted by Gasteiger charge is -2.13. The molecule has 7 nitrogen and oxygen atoms in total. The maximum absolute atomic E-state index is 12.4. The summed E-state index contributed by atoms with van der Waals surface area (Å²) in [4.78, 5) is 37.8. The van der Waals surface area contributed by atoms with E-state index in [2.05, 4.69) is 4.72 Å². The van der Waals surface area contributed by atoms with E-state index >= 15 is 0 Å². The Bertz CT molecular complexity index is 945. The molecule has 2 aromatic rings. The molecule has 0 fully saturated rings. The van der Waals surface area contributed by atoms with Crippen molar-refractivity contribution in [1.29, 1.82) is 0 Å². The van der Waals surface area contributed by atoms with Crippen LogP contribution in [-0.4, -0.2) is 43.7 Å². The Morgan fingerprint density at radius 1 is 0.960 bits per heavy atom. The van der Waals surface area contributed by atoms with Crippen molar-refractivity contribution in [3.05, 3.63) is 65.2 Å². The number of rotatable bonds is 5. The summed E-state index contributed by atoms with van der Waals surface area (Å²) in [7, 11) is -3.41. The van der Waals surface area contributed by atoms with Crippen molar-refractivity contribution in [2.45, 2.75) is 0 Å². The minimum absolute atomic E-state index is 0.274. The SMILES string of the molecule is CS(=O)(=O)Nc1ccc(C(=O)CN2C(=O)c3ccccc3C2=O)cc1. The van der Waals surface area contributed by atoms with Gasteiger partial charge in [0.2, 0.25) is 10.0 Å². The molecule has 0 atom stereocenters. The van der Waals surface area contributed by atoms with Crippen LogP contribution in [0.5, 0.6) is 0 Å². The molecule has 0 aromatic heterocycles. The average molecular weight is 358 g/mol. The van der Waals surface area contributed by atoms with Crippen LogP contribution in [0.2, 0.25) is 0 Å². The van der Waals surface area contributed by atoms with Crippen LogP contribution >= 0.6 is 0 Å². The molecule has 0 saturated heterocycles. The van der Waals surface area contributed by atoms with Gasteiger partial charge < -0.3 is 0 Å². The summed E-state index contributed by atoms with van der Waals surface area (Å²) < 4.78 is 24.6. The summed E-state index contributed by atoms with van der Waals surface area (Å²) in [6, 6.07) is 12.2. The number of benzene rings is 2. The van der Waals surface area contributed by atoms with E-state index in [1.807, 2.05) is 0 Å². The molecule has 1 aliphatic rings. The van der Waals surface area contributed by atoms with Crippen molar-refractivity contribution in [3.63, 3.8) is 0 Å². The Labute approximate surface area is 144 Å². The maximum Gasteiger partial charge on any atom is 0.261 e. The highest BCUT2D eigenvalue weighted by atomic mass is 32.2. The van der Waals surface area contributed by atoms with E-state index in [1.165, 1.54) is 24.3 Å². The fourth-order valence-electron chi connectivity index (χ4n) is 2.56. The molecular weight excluding hydrogens is 344 g/mol. The van der Waals surface area contributed by atoms with Gasteiger partial charge in [-0.2, -0.15) is 0 Å². The van der Waals surface area contributed by atoms with Crippen molar-refractivity contribution in [1.82, 2.24) is 4.90 Å². The van der Waals surface area contributed by atoms with Gasteiger partial charge in [-0.05, 0) is 36.4 Å². The summed E-state index contributed by atoms with van der Waals surface area (Å²) in [6.45, 7) is -0.370. The molecule has 2 amide bonds. The second kappa shape index (κ2) is 6.14. The van der Waals surface area contributed by atoms with E-state index in [-0.39, 0.29) is 23.2 Å². The molecular formula is C17H14N2O5S. The van der Waals surface area contributed by atoms with E-state index in [9.17, 15) is 22.8 Å². The number of sulfonamides is 1. The molecule has 0 aliphatic carbocycles. The topological polar surface area (TPSA) is 101 Å². The van der Waals surface area contributed by atoms with Crippen LogP contribution in [0.25, 0.3) is 0 Å². The number of nitrogens with zero attached hydrogens (tertiary/aromatic N) is 1. The number of amides is 2. The van der Waals surface area contributed by atoms with Gasteiger partial charge in [-0.25, -0.2) is 8.42 Å². The summed E-state index contributed by atoms with van der Waals surface area (Å²) in [5.41, 5.74) is 1.16. The highest BCUT2D eigenvalue weighted by Gasteiger charge is 2.36. The lowest BCUT2D eigenvalue weighted by Crippen LogP contribution is -2.34. The first-order valence-electron chi connectivity index (χ1n) is 7.32. The number of imide groups is 1. The van der Waals surface area contributed by atoms with Gasteiger partial charge in [0, 0.05) is 11.3 Å². The number of Topliss-reactive ketones (excluding diaryl/α,β-unsaturated/α-hetero) is 1. The molecule has 128 valence electrons. The highest BCUT2D eigenvalue weighted by molar-refractivity contribution is 7.92. The van der Waals surface area contributed by atoms with Gasteiger partial charge in [0.15, 0.2) is 5.78 Å². The van der Waals surface area contributed by atoms with Gasteiger partial charge in [0.25, 0.3) is 11.8 Å². The molecule has 2 aromatic carbocycles. The van der Waals surface area contributed by atoms with E-state index in [1.54, 1.807) is 24.3 Å². The van der Waals surface area contributed by atoms with E-state index in [4.69, 9.17) is 0 Å². The summed E-state index contributed by atoms with van der Waals surface area (Å²) in [6.07, 6.45) is 1.02. The molecule has 8 heteroatoms. The Kier molecular flexibility index (Phi) is 4.13. The number of nitrogens with one attached hydrogen (secondary N) is 1. The molecule has 0 radical (unpaired) electrons. The Morgan fingerprint density at radius 3 is 1.96 bits per heavy atom. The number of hydrogen-bond acceptors (Lipinski definition) is 5. The Balaban J connectivity index is 1.75. The average Bonchev–Trinajstić information content (AvgIpc) is 2.79. The van der Waals surface area contributed by atoms with Crippen LogP contribution in [0.1, 0.15) is 31.1 Å². The number of fused-ring (bicyclic) bond motifs is 1. The lowest BCUT2D eigenvalue weighted by atomic mass is 10.1. The van der Waals surface area contributed by atoms with E-state index in [0.29, 0.717) is 5.69 Å². The highest BCUT2D eigenvalue weighted by Crippen LogP contribution is 2.22. The predicted octanol–water partition coefficient (Wildman–Crippen LogP) is 1.54. The van der Waals surface area contributed by atoms with Crippen molar-refractivity contribution in [2.75, 3.05) is 17.5 Å². The lowest BCUT2D eigenvalue weighted by molar-refractivity contribution is 0.0624. The molecule has 1 N–H and O–H groups in total. The third-order valence-electron chi connectivity index (χ3n) is 3.69. The van der Waals surface area contributed by atoms with Gasteiger partial charge in [-0.3, -0.25) is 24.0 Å². The summed E-state index contributed by atoms with van der Waals surface area (Å²) in [5, 5.41) is 0. The third-order valence-corrected chi connectivity index (χ3v) is 4.30. The number of anilines is 1. The van der Waals surface area contributed by atoms with Crippen molar-refractivity contribution in [2.24, 2.45) is 0 Å². The molecule has 3 rings (SSSR count). The smallest absolute Gasteiger partial charge is 0.261 e. The Hall–Kier alpha value is -3.00. The maximum atomic E-state index is 12.4. The van der Waals surface area contributed by atoms with Crippen LogP contribution < -0.4 is 4.72 Å². The molecule has 0 bridgehead atoms. The second-order valence-corrected chi connectivity index (χ2v) is 7.37. The summed E-state index contributed by atoms with van der Waals surface area (Å²) in [5.74, 6) is -1.41. The Morgan fingerprint density at radius 2 is 1.48 bits per heavy atom. The zero-order valence-corrected chi connectivity index (χ0v) is 14.0. The van der Waals surface area contributed by atoms with E-state index in [0.717, 1.165) is 11.2 Å². The van der Waals surface area contributed by atoms with Crippen LogP contribution in [0.4, 0.5) is 5.69 Å². The zero-order chi connectivity index (χ0) is 18.2. The van der Waals surface area contributed by atoms with Gasteiger partial charge in [0.1, 0.15) is 0 Å². The second-order valence-electron chi connectivity index (χ2n) is 5.62. The standard InChI is InChI=1S/C17H14N2O5S/c1-25(23,24)18-12-8-6-11(7-9-12)15(20)10-19-16(21)13-4-2-3-5-14(13)17(19)22/h2-9,18H,10H2,1H3. The molecule has 0 saturated carbocycles. The van der Waals surface area contributed by atoms with Crippen molar-refractivity contribution >= 4 is 33.3 Å². The molecule has 1 heterocycles. The first-order valence-corrected chi connectivity index (χ1v) is 9.22. The number of hydrogen-bond donors (Lipinski definition) is 1. The van der Waals surface area contributed by atoms with Crippen LogP contribution in [0.3, 0.4) is 0 Å². The van der Waals surface area contributed by atoms with Crippen LogP contribution in [0.15, 0.2) is 48.5 Å². The molecule has 25 heavy (non-hydrogen) atoms. The van der Waals surface area contributed by atoms with Crippen molar-refractivity contribution < 1.29 is 22.8 Å². The third kappa shape index (κ3) is 3.43.